The van der Waals surface area contributed by atoms with E-state index in [1.165, 1.54) is 89.9 Å². The van der Waals surface area contributed by atoms with Crippen molar-refractivity contribution in [2.75, 3.05) is 0 Å². The van der Waals surface area contributed by atoms with Crippen LogP contribution in [0.25, 0.3) is 5.57 Å². The van der Waals surface area contributed by atoms with Crippen molar-refractivity contribution in [3.63, 3.8) is 0 Å². The van der Waals surface area contributed by atoms with E-state index in [-0.39, 0.29) is 0 Å². The molecule has 2 heteroatoms. The monoisotopic (exact) mass is 524 g/mol. The van der Waals surface area contributed by atoms with E-state index >= 15 is 8.78 Å². The Morgan fingerprint density at radius 2 is 1.50 bits per heavy atom. The van der Waals surface area contributed by atoms with Crippen LogP contribution in [-0.2, 0) is 6.42 Å². The van der Waals surface area contributed by atoms with Crippen LogP contribution < -0.4 is 0 Å². The maximum absolute atomic E-state index is 15.1. The Hall–Kier alpha value is -1.44. The second-order valence-electron chi connectivity index (χ2n) is 13.0. The summed E-state index contributed by atoms with van der Waals surface area (Å²) < 4.78 is 30.1. The lowest BCUT2D eigenvalue weighted by Crippen LogP contribution is -2.23. The fraction of sp³-hybridized carbons (Fsp3) is 0.722. The molecule has 0 aliphatic heterocycles. The second kappa shape index (κ2) is 15.4. The highest BCUT2D eigenvalue weighted by Gasteiger charge is 2.29. The van der Waals surface area contributed by atoms with Crippen LogP contribution in [0, 0.1) is 41.2 Å². The third-order valence-corrected chi connectivity index (χ3v) is 10.3. The molecule has 0 amide bonds. The summed E-state index contributed by atoms with van der Waals surface area (Å²) in [6, 6.07) is 3.68. The van der Waals surface area contributed by atoms with Crippen molar-refractivity contribution in [1.29, 1.82) is 0 Å². The fourth-order valence-corrected chi connectivity index (χ4v) is 7.79. The van der Waals surface area contributed by atoms with Crippen LogP contribution in [0.15, 0.2) is 30.4 Å². The lowest BCUT2D eigenvalue weighted by molar-refractivity contribution is 0.189. The standard InChI is InChI=1S/C36H54F2/c1-3-5-6-10-28-13-15-29(16-14-28)11-7-8-12-33-25-26-34(36(38)35(33)37)32-23-21-31(22-24-32)30-19-17-27(9-4-2)18-20-30/h7,11,23,25-31H,3-6,8-10,12-22,24H2,1-2H3. The van der Waals surface area contributed by atoms with Gasteiger partial charge in [0.1, 0.15) is 0 Å². The third kappa shape index (κ3) is 8.28. The van der Waals surface area contributed by atoms with E-state index in [1.807, 2.05) is 12.1 Å². The first kappa shape index (κ1) is 29.5. The second-order valence-corrected chi connectivity index (χ2v) is 13.0. The molecule has 0 saturated heterocycles. The van der Waals surface area contributed by atoms with E-state index in [0.29, 0.717) is 23.5 Å². The summed E-state index contributed by atoms with van der Waals surface area (Å²) in [6.07, 6.45) is 30.2. The third-order valence-electron chi connectivity index (χ3n) is 10.3. The van der Waals surface area contributed by atoms with Crippen LogP contribution in [0.5, 0.6) is 0 Å². The van der Waals surface area contributed by atoms with E-state index in [2.05, 4.69) is 32.1 Å². The Kier molecular flexibility index (Phi) is 12.0. The van der Waals surface area contributed by atoms with Gasteiger partial charge in [0, 0.05) is 5.56 Å². The predicted molar refractivity (Wildman–Crippen MR) is 159 cm³/mol. The van der Waals surface area contributed by atoms with Crippen LogP contribution in [-0.4, -0.2) is 0 Å². The SMILES string of the molecule is CCCCCC1CCC(C=CCCc2ccc(C3=CCC(C4CCC(CCC)CC4)CC3)c(F)c2F)CC1. The molecule has 3 aliphatic rings. The van der Waals surface area contributed by atoms with Gasteiger partial charge in [-0.25, -0.2) is 8.78 Å². The van der Waals surface area contributed by atoms with Crippen LogP contribution >= 0.6 is 0 Å². The normalized spacial score (nSPS) is 28.5. The van der Waals surface area contributed by atoms with Gasteiger partial charge in [0.15, 0.2) is 11.6 Å². The summed E-state index contributed by atoms with van der Waals surface area (Å²) in [6.45, 7) is 4.57. The molecule has 0 N–H and O–H groups in total. The topological polar surface area (TPSA) is 0 Å². The van der Waals surface area contributed by atoms with Gasteiger partial charge in [0.25, 0.3) is 0 Å². The molecule has 38 heavy (non-hydrogen) atoms. The minimum absolute atomic E-state index is 0.502. The van der Waals surface area contributed by atoms with Gasteiger partial charge < -0.3 is 0 Å². The highest BCUT2D eigenvalue weighted by atomic mass is 19.2. The highest BCUT2D eigenvalue weighted by Crippen LogP contribution is 2.42. The Labute approximate surface area is 232 Å². The predicted octanol–water partition coefficient (Wildman–Crippen LogP) is 11.6. The van der Waals surface area contributed by atoms with Gasteiger partial charge in [-0.1, -0.05) is 95.6 Å². The number of aryl methyl sites for hydroxylation is 1. The van der Waals surface area contributed by atoms with Gasteiger partial charge in [-0.3, -0.25) is 0 Å². The molecule has 2 fully saturated rings. The Bertz CT molecular complexity index is 896. The van der Waals surface area contributed by atoms with Crippen molar-refractivity contribution in [3.05, 3.63) is 53.1 Å². The number of allylic oxidation sites excluding steroid dienone is 4. The van der Waals surface area contributed by atoms with Gasteiger partial charge in [-0.2, -0.15) is 0 Å². The summed E-state index contributed by atoms with van der Waals surface area (Å²) >= 11 is 0. The van der Waals surface area contributed by atoms with Crippen molar-refractivity contribution in [2.24, 2.45) is 29.6 Å². The molecule has 3 aliphatic carbocycles. The van der Waals surface area contributed by atoms with Crippen LogP contribution in [0.4, 0.5) is 8.78 Å². The average molecular weight is 525 g/mol. The van der Waals surface area contributed by atoms with Crippen molar-refractivity contribution >= 4 is 5.57 Å². The lowest BCUT2D eigenvalue weighted by Gasteiger charge is -2.35. The van der Waals surface area contributed by atoms with Gasteiger partial charge in [-0.15, -0.1) is 0 Å². The van der Waals surface area contributed by atoms with E-state index in [9.17, 15) is 0 Å². The zero-order valence-electron chi connectivity index (χ0n) is 24.5. The van der Waals surface area contributed by atoms with Crippen LogP contribution in [0.3, 0.4) is 0 Å². The van der Waals surface area contributed by atoms with Gasteiger partial charge in [0.2, 0.25) is 0 Å². The number of unbranched alkanes of at least 4 members (excludes halogenated alkanes) is 2. The molecule has 0 aromatic heterocycles. The van der Waals surface area contributed by atoms with E-state index in [4.69, 9.17) is 0 Å². The Morgan fingerprint density at radius 1 is 0.763 bits per heavy atom. The van der Waals surface area contributed by atoms with E-state index in [0.717, 1.165) is 54.9 Å². The number of hydrogen-bond donors (Lipinski definition) is 0. The Morgan fingerprint density at radius 3 is 2.18 bits per heavy atom. The lowest BCUT2D eigenvalue weighted by atomic mass is 9.70. The molecular formula is C36H54F2. The quantitative estimate of drug-likeness (QED) is 0.188. The summed E-state index contributed by atoms with van der Waals surface area (Å²) in [5, 5.41) is 0. The Balaban J connectivity index is 1.22. The smallest absolute Gasteiger partial charge is 0.166 e. The van der Waals surface area contributed by atoms with Gasteiger partial charge >= 0.3 is 0 Å². The number of rotatable bonds is 12. The summed E-state index contributed by atoms with van der Waals surface area (Å²) in [7, 11) is 0. The first-order valence-corrected chi connectivity index (χ1v) is 16.4. The number of hydrogen-bond acceptors (Lipinski definition) is 0. The molecule has 1 aromatic carbocycles. The molecule has 0 radical (unpaired) electrons. The van der Waals surface area contributed by atoms with Crippen LogP contribution in [0.2, 0.25) is 0 Å². The van der Waals surface area contributed by atoms with Crippen LogP contribution in [0.1, 0.15) is 141 Å². The van der Waals surface area contributed by atoms with Crippen molar-refractivity contribution in [2.45, 2.75) is 136 Å². The first-order valence-electron chi connectivity index (χ1n) is 16.4. The van der Waals surface area contributed by atoms with Crippen molar-refractivity contribution in [1.82, 2.24) is 0 Å². The fourth-order valence-electron chi connectivity index (χ4n) is 7.79. The van der Waals surface area contributed by atoms with Crippen molar-refractivity contribution in [3.8, 4) is 0 Å². The molecule has 1 aromatic rings. The molecule has 1 unspecified atom stereocenters. The summed E-state index contributed by atoms with van der Waals surface area (Å²) in [4.78, 5) is 0. The first-order chi connectivity index (χ1) is 18.6. The minimum atomic E-state index is -0.627. The van der Waals surface area contributed by atoms with Gasteiger partial charge in [-0.05, 0) is 111 Å². The maximum atomic E-state index is 15.1. The highest BCUT2D eigenvalue weighted by molar-refractivity contribution is 5.67. The molecule has 212 valence electrons. The molecule has 1 atom stereocenters. The average Bonchev–Trinajstić information content (AvgIpc) is 2.95. The molecular weight excluding hydrogens is 470 g/mol. The molecule has 0 bridgehead atoms. The summed E-state index contributed by atoms with van der Waals surface area (Å²) in [5.74, 6) is 2.86. The molecule has 2 saturated carbocycles. The molecule has 4 rings (SSSR count). The summed E-state index contributed by atoms with van der Waals surface area (Å²) in [5.41, 5.74) is 2.05. The number of benzene rings is 1. The molecule has 0 heterocycles. The number of halogens is 2. The largest absolute Gasteiger partial charge is 0.203 e. The van der Waals surface area contributed by atoms with Gasteiger partial charge in [0.05, 0.1) is 0 Å². The molecule has 0 spiro atoms. The van der Waals surface area contributed by atoms with E-state index in [1.54, 1.807) is 0 Å². The van der Waals surface area contributed by atoms with E-state index < -0.39 is 11.6 Å². The maximum Gasteiger partial charge on any atom is 0.166 e. The van der Waals surface area contributed by atoms with Crippen molar-refractivity contribution < 1.29 is 8.78 Å². The minimum Gasteiger partial charge on any atom is -0.203 e. The zero-order valence-corrected chi connectivity index (χ0v) is 24.5. The molecule has 0 nitrogen and oxygen atoms in total. The zero-order chi connectivity index (χ0) is 26.7.